The SMILES string of the molecule is CCOC1CC(Nc2cc(C)c(O)cc2C)C1(C)C. The average Bonchev–Trinajstić information content (AvgIpc) is 2.34. The van der Waals surface area contributed by atoms with Crippen LogP contribution in [0.25, 0.3) is 0 Å². The van der Waals surface area contributed by atoms with Crippen LogP contribution >= 0.6 is 0 Å². The second-order valence-electron chi connectivity index (χ2n) is 6.15. The monoisotopic (exact) mass is 263 g/mol. The number of hydrogen-bond acceptors (Lipinski definition) is 3. The van der Waals surface area contributed by atoms with Crippen molar-refractivity contribution in [2.45, 2.75) is 53.2 Å². The summed E-state index contributed by atoms with van der Waals surface area (Å²) in [6.07, 6.45) is 1.38. The lowest BCUT2D eigenvalue weighted by Gasteiger charge is -2.52. The standard InChI is InChI=1S/C16H25NO2/c1-6-19-15-9-14(16(15,4)5)17-12-7-11(3)13(18)8-10(12)2/h7-8,14-15,17-18H,6,9H2,1-5H3. The summed E-state index contributed by atoms with van der Waals surface area (Å²) < 4.78 is 5.75. The van der Waals surface area contributed by atoms with E-state index in [-0.39, 0.29) is 5.41 Å². The zero-order valence-corrected chi connectivity index (χ0v) is 12.6. The highest BCUT2D eigenvalue weighted by atomic mass is 16.5. The van der Waals surface area contributed by atoms with Crippen molar-refractivity contribution < 1.29 is 9.84 Å². The van der Waals surface area contributed by atoms with Crippen molar-refractivity contribution in [3.05, 3.63) is 23.3 Å². The van der Waals surface area contributed by atoms with Gasteiger partial charge in [0.25, 0.3) is 0 Å². The third-order valence-corrected chi connectivity index (χ3v) is 4.42. The van der Waals surface area contributed by atoms with Crippen LogP contribution < -0.4 is 5.32 Å². The Hall–Kier alpha value is -1.22. The molecular weight excluding hydrogens is 238 g/mol. The third-order valence-electron chi connectivity index (χ3n) is 4.42. The first kappa shape index (κ1) is 14.2. The largest absolute Gasteiger partial charge is 0.508 e. The maximum Gasteiger partial charge on any atom is 0.118 e. The number of phenolic OH excluding ortho intramolecular Hbond substituents is 1. The van der Waals surface area contributed by atoms with Crippen LogP contribution in [0.15, 0.2) is 12.1 Å². The molecule has 106 valence electrons. The van der Waals surface area contributed by atoms with Gasteiger partial charge >= 0.3 is 0 Å². The van der Waals surface area contributed by atoms with E-state index in [9.17, 15) is 5.11 Å². The van der Waals surface area contributed by atoms with E-state index in [2.05, 4.69) is 19.2 Å². The van der Waals surface area contributed by atoms with Crippen LogP contribution in [0.1, 0.15) is 38.3 Å². The molecule has 1 fully saturated rings. The normalized spacial score (nSPS) is 24.9. The van der Waals surface area contributed by atoms with Gasteiger partial charge in [0.2, 0.25) is 0 Å². The van der Waals surface area contributed by atoms with Crippen LogP contribution in [-0.4, -0.2) is 23.9 Å². The topological polar surface area (TPSA) is 41.5 Å². The van der Waals surface area contributed by atoms with Gasteiger partial charge in [-0.2, -0.15) is 0 Å². The fourth-order valence-electron chi connectivity index (χ4n) is 2.76. The first-order chi connectivity index (χ1) is 8.86. The highest BCUT2D eigenvalue weighted by molar-refractivity contribution is 5.57. The van der Waals surface area contributed by atoms with Crippen molar-refractivity contribution in [3.8, 4) is 5.75 Å². The molecule has 19 heavy (non-hydrogen) atoms. The van der Waals surface area contributed by atoms with E-state index in [0.717, 1.165) is 29.8 Å². The maximum absolute atomic E-state index is 9.70. The molecule has 0 radical (unpaired) electrons. The van der Waals surface area contributed by atoms with Gasteiger partial charge in [0.05, 0.1) is 6.10 Å². The molecule has 1 aromatic carbocycles. The molecule has 0 aromatic heterocycles. The predicted molar refractivity (Wildman–Crippen MR) is 78.8 cm³/mol. The molecule has 0 amide bonds. The zero-order chi connectivity index (χ0) is 14.2. The second-order valence-corrected chi connectivity index (χ2v) is 6.15. The van der Waals surface area contributed by atoms with Crippen LogP contribution in [0, 0.1) is 19.3 Å². The van der Waals surface area contributed by atoms with Crippen molar-refractivity contribution in [1.82, 2.24) is 0 Å². The Bertz CT molecular complexity index is 468. The molecule has 2 unspecified atom stereocenters. The first-order valence-corrected chi connectivity index (χ1v) is 7.04. The zero-order valence-electron chi connectivity index (χ0n) is 12.6. The smallest absolute Gasteiger partial charge is 0.118 e. The Balaban J connectivity index is 2.09. The summed E-state index contributed by atoms with van der Waals surface area (Å²) in [5.41, 5.74) is 3.25. The van der Waals surface area contributed by atoms with Crippen LogP contribution in [0.2, 0.25) is 0 Å². The minimum atomic E-state index is 0.147. The Morgan fingerprint density at radius 3 is 2.58 bits per heavy atom. The molecule has 3 nitrogen and oxygen atoms in total. The molecule has 0 spiro atoms. The average molecular weight is 263 g/mol. The summed E-state index contributed by atoms with van der Waals surface area (Å²) in [7, 11) is 0. The fraction of sp³-hybridized carbons (Fsp3) is 0.625. The molecule has 1 saturated carbocycles. The van der Waals surface area contributed by atoms with Gasteiger partial charge in [-0.3, -0.25) is 0 Å². The Labute approximate surface area is 116 Å². The van der Waals surface area contributed by atoms with Crippen LogP contribution in [-0.2, 0) is 4.74 Å². The molecule has 3 heteroatoms. The summed E-state index contributed by atoms with van der Waals surface area (Å²) in [6, 6.07) is 4.27. The Kier molecular flexibility index (Phi) is 3.77. The fourth-order valence-corrected chi connectivity index (χ4v) is 2.76. The van der Waals surface area contributed by atoms with Crippen molar-refractivity contribution in [3.63, 3.8) is 0 Å². The van der Waals surface area contributed by atoms with Gasteiger partial charge in [-0.1, -0.05) is 13.8 Å². The van der Waals surface area contributed by atoms with E-state index in [1.54, 1.807) is 0 Å². The van der Waals surface area contributed by atoms with Gasteiger partial charge in [0.15, 0.2) is 0 Å². The molecule has 2 rings (SSSR count). The number of ether oxygens (including phenoxy) is 1. The van der Waals surface area contributed by atoms with Gasteiger partial charge in [0, 0.05) is 23.8 Å². The number of phenols is 1. The highest BCUT2D eigenvalue weighted by Crippen LogP contribution is 2.44. The van der Waals surface area contributed by atoms with E-state index in [1.807, 2.05) is 32.9 Å². The van der Waals surface area contributed by atoms with Crippen molar-refractivity contribution in [1.29, 1.82) is 0 Å². The third kappa shape index (κ3) is 2.57. The molecule has 2 N–H and O–H groups in total. The quantitative estimate of drug-likeness (QED) is 0.815. The van der Waals surface area contributed by atoms with Crippen LogP contribution in [0.3, 0.4) is 0 Å². The van der Waals surface area contributed by atoms with Crippen molar-refractivity contribution in [2.24, 2.45) is 5.41 Å². The molecular formula is C16H25NO2. The van der Waals surface area contributed by atoms with Gasteiger partial charge < -0.3 is 15.2 Å². The maximum atomic E-state index is 9.70. The van der Waals surface area contributed by atoms with Gasteiger partial charge in [-0.25, -0.2) is 0 Å². The number of anilines is 1. The van der Waals surface area contributed by atoms with E-state index >= 15 is 0 Å². The van der Waals surface area contributed by atoms with Crippen LogP contribution in [0.4, 0.5) is 5.69 Å². The first-order valence-electron chi connectivity index (χ1n) is 7.04. The van der Waals surface area contributed by atoms with E-state index in [0.29, 0.717) is 17.9 Å². The summed E-state index contributed by atoms with van der Waals surface area (Å²) in [5.74, 6) is 0.364. The molecule has 0 saturated heterocycles. The molecule has 0 bridgehead atoms. The number of nitrogens with one attached hydrogen (secondary N) is 1. The lowest BCUT2D eigenvalue weighted by Crippen LogP contribution is -2.58. The van der Waals surface area contributed by atoms with Gasteiger partial charge in [0.1, 0.15) is 5.75 Å². The highest BCUT2D eigenvalue weighted by Gasteiger charge is 2.48. The number of hydrogen-bond donors (Lipinski definition) is 2. The summed E-state index contributed by atoms with van der Waals surface area (Å²) in [6.45, 7) is 11.3. The summed E-state index contributed by atoms with van der Waals surface area (Å²) >= 11 is 0. The minimum absolute atomic E-state index is 0.147. The van der Waals surface area contributed by atoms with E-state index in [4.69, 9.17) is 4.74 Å². The van der Waals surface area contributed by atoms with Gasteiger partial charge in [-0.05, 0) is 50.5 Å². The number of benzene rings is 1. The summed E-state index contributed by atoms with van der Waals surface area (Å²) in [5, 5.41) is 13.3. The van der Waals surface area contributed by atoms with E-state index in [1.165, 1.54) is 0 Å². The molecule has 2 atom stereocenters. The van der Waals surface area contributed by atoms with Crippen molar-refractivity contribution >= 4 is 5.69 Å². The predicted octanol–water partition coefficient (Wildman–Crippen LogP) is 3.62. The summed E-state index contributed by atoms with van der Waals surface area (Å²) in [4.78, 5) is 0. The second kappa shape index (κ2) is 5.04. The number of rotatable bonds is 4. The molecule has 0 heterocycles. The molecule has 0 aliphatic heterocycles. The van der Waals surface area contributed by atoms with Crippen LogP contribution in [0.5, 0.6) is 5.75 Å². The molecule has 1 aromatic rings. The molecule has 1 aliphatic rings. The minimum Gasteiger partial charge on any atom is -0.508 e. The van der Waals surface area contributed by atoms with E-state index < -0.39 is 0 Å². The lowest BCUT2D eigenvalue weighted by molar-refractivity contribution is -0.0976. The Morgan fingerprint density at radius 2 is 2.00 bits per heavy atom. The van der Waals surface area contributed by atoms with Gasteiger partial charge in [-0.15, -0.1) is 0 Å². The Morgan fingerprint density at radius 1 is 1.32 bits per heavy atom. The number of aromatic hydroxyl groups is 1. The number of aryl methyl sites for hydroxylation is 2. The molecule has 1 aliphatic carbocycles. The lowest BCUT2D eigenvalue weighted by atomic mass is 9.64. The van der Waals surface area contributed by atoms with Crippen molar-refractivity contribution in [2.75, 3.05) is 11.9 Å².